The Hall–Kier alpha value is -3.81. The number of ether oxygens (including phenoxy) is 1. The number of aliphatic hydroxyl groups excluding tert-OH is 1. The van der Waals surface area contributed by atoms with E-state index in [0.717, 1.165) is 0 Å². The normalized spacial score (nSPS) is 17.0. The number of nitrogens with zero attached hydrogens (tertiary/aromatic N) is 1. The molecule has 7 nitrogen and oxygen atoms in total. The Kier molecular flexibility index (Phi) is 6.82. The van der Waals surface area contributed by atoms with Crippen molar-refractivity contribution in [3.05, 3.63) is 105 Å². The summed E-state index contributed by atoms with van der Waals surface area (Å²) < 4.78 is 4.70. The lowest BCUT2D eigenvalue weighted by Gasteiger charge is -2.25. The summed E-state index contributed by atoms with van der Waals surface area (Å²) in [5.74, 6) is -2.56. The van der Waals surface area contributed by atoms with E-state index in [0.29, 0.717) is 16.7 Å². The standard InChI is InChI=1S/C26H19Cl2NO6/c1-35-26(34)16-4-2-14(3-5-16)13-29-22(15-6-9-18(30)10-7-15)21(24(32)25(29)33)23(31)17-8-11-19(27)20(28)12-17/h2-12,22,30-31H,13H2,1H3/b23-21-. The number of aliphatic hydroxyl groups is 1. The average Bonchev–Trinajstić information content (AvgIpc) is 3.10. The number of halogens is 2. The minimum Gasteiger partial charge on any atom is -0.508 e. The fraction of sp³-hybridized carbons (Fsp3) is 0.115. The van der Waals surface area contributed by atoms with E-state index in [4.69, 9.17) is 27.9 Å². The van der Waals surface area contributed by atoms with Crippen LogP contribution in [0.25, 0.3) is 5.76 Å². The van der Waals surface area contributed by atoms with Crippen LogP contribution in [0.3, 0.4) is 0 Å². The number of carbonyl (C=O) groups excluding carboxylic acids is 3. The van der Waals surface area contributed by atoms with Gasteiger partial charge >= 0.3 is 5.97 Å². The summed E-state index contributed by atoms with van der Waals surface area (Å²) in [6.45, 7) is 0.0235. The number of likely N-dealkylation sites (tertiary alicyclic amines) is 1. The van der Waals surface area contributed by atoms with Crippen LogP contribution in [0.5, 0.6) is 5.75 Å². The maximum absolute atomic E-state index is 13.1. The van der Waals surface area contributed by atoms with Gasteiger partial charge in [0.1, 0.15) is 11.5 Å². The summed E-state index contributed by atoms with van der Waals surface area (Å²) in [4.78, 5) is 39.3. The largest absolute Gasteiger partial charge is 0.508 e. The van der Waals surface area contributed by atoms with E-state index in [9.17, 15) is 24.6 Å². The number of aromatic hydroxyl groups is 1. The van der Waals surface area contributed by atoms with Crippen molar-refractivity contribution in [3.8, 4) is 5.75 Å². The SMILES string of the molecule is COC(=O)c1ccc(CN2C(=O)C(=O)/C(=C(\O)c3ccc(Cl)c(Cl)c3)C2c2ccc(O)cc2)cc1. The van der Waals surface area contributed by atoms with Crippen LogP contribution in [-0.4, -0.2) is 39.9 Å². The van der Waals surface area contributed by atoms with Gasteiger partial charge in [-0.1, -0.05) is 47.5 Å². The lowest BCUT2D eigenvalue weighted by Crippen LogP contribution is -2.29. The predicted octanol–water partition coefficient (Wildman–Crippen LogP) is 5.11. The number of hydrogen-bond acceptors (Lipinski definition) is 6. The van der Waals surface area contributed by atoms with Crippen molar-refractivity contribution in [2.75, 3.05) is 7.11 Å². The summed E-state index contributed by atoms with van der Waals surface area (Å²) in [6.07, 6.45) is 0. The molecule has 1 fully saturated rings. The lowest BCUT2D eigenvalue weighted by molar-refractivity contribution is -0.140. The molecule has 0 radical (unpaired) electrons. The maximum atomic E-state index is 13.1. The average molecular weight is 512 g/mol. The molecule has 35 heavy (non-hydrogen) atoms. The summed E-state index contributed by atoms with van der Waals surface area (Å²) >= 11 is 12.1. The van der Waals surface area contributed by atoms with Crippen LogP contribution < -0.4 is 0 Å². The number of phenols is 1. The molecule has 3 aromatic rings. The molecule has 3 aromatic carbocycles. The number of rotatable bonds is 5. The lowest BCUT2D eigenvalue weighted by atomic mass is 9.95. The molecule has 1 heterocycles. The molecule has 4 rings (SSSR count). The number of hydrogen-bond donors (Lipinski definition) is 2. The molecule has 1 atom stereocenters. The van der Waals surface area contributed by atoms with E-state index in [1.807, 2.05) is 0 Å². The predicted molar refractivity (Wildman–Crippen MR) is 130 cm³/mol. The second-order valence-corrected chi connectivity index (χ2v) is 8.65. The number of Topliss-reactive ketones (excluding diaryl/α,β-unsaturated/α-hetero) is 1. The maximum Gasteiger partial charge on any atom is 0.337 e. The first-order chi connectivity index (χ1) is 16.7. The highest BCUT2D eigenvalue weighted by Crippen LogP contribution is 2.41. The minimum absolute atomic E-state index is 0.00795. The van der Waals surface area contributed by atoms with Gasteiger partial charge in [0.2, 0.25) is 0 Å². The first-order valence-electron chi connectivity index (χ1n) is 10.4. The van der Waals surface area contributed by atoms with Gasteiger partial charge in [0.15, 0.2) is 0 Å². The second-order valence-electron chi connectivity index (χ2n) is 7.84. The van der Waals surface area contributed by atoms with E-state index < -0.39 is 29.5 Å². The van der Waals surface area contributed by atoms with E-state index in [1.54, 1.807) is 36.4 Å². The van der Waals surface area contributed by atoms with Gasteiger partial charge in [-0.25, -0.2) is 4.79 Å². The Balaban J connectivity index is 1.80. The Labute approximate surface area is 210 Å². The number of phenolic OH excluding ortho intramolecular Hbond substituents is 1. The van der Waals surface area contributed by atoms with Gasteiger partial charge in [-0.3, -0.25) is 9.59 Å². The van der Waals surface area contributed by atoms with Crippen molar-refractivity contribution in [3.63, 3.8) is 0 Å². The molecule has 1 unspecified atom stereocenters. The van der Waals surface area contributed by atoms with E-state index in [-0.39, 0.29) is 33.5 Å². The topological polar surface area (TPSA) is 104 Å². The number of carbonyl (C=O) groups is 3. The molecular weight excluding hydrogens is 493 g/mol. The summed E-state index contributed by atoms with van der Waals surface area (Å²) in [5.41, 5.74) is 1.61. The molecule has 9 heteroatoms. The van der Waals surface area contributed by atoms with Gasteiger partial charge in [-0.2, -0.15) is 0 Å². The number of ketones is 1. The molecule has 0 aromatic heterocycles. The third-order valence-electron chi connectivity index (χ3n) is 5.67. The monoisotopic (exact) mass is 511 g/mol. The molecule has 178 valence electrons. The molecule has 0 spiro atoms. The third-order valence-corrected chi connectivity index (χ3v) is 6.41. The molecule has 0 bridgehead atoms. The Morgan fingerprint density at radius 3 is 2.17 bits per heavy atom. The van der Waals surface area contributed by atoms with Crippen molar-refractivity contribution >= 4 is 46.6 Å². The van der Waals surface area contributed by atoms with Gasteiger partial charge in [0, 0.05) is 12.1 Å². The van der Waals surface area contributed by atoms with Crippen LogP contribution in [0.2, 0.25) is 10.0 Å². The zero-order valence-electron chi connectivity index (χ0n) is 18.4. The molecular formula is C26H19Cl2NO6. The number of esters is 1. The first-order valence-corrected chi connectivity index (χ1v) is 11.2. The molecule has 1 aliphatic rings. The van der Waals surface area contributed by atoms with Crippen LogP contribution in [0.4, 0.5) is 0 Å². The van der Waals surface area contributed by atoms with Crippen molar-refractivity contribution < 1.29 is 29.3 Å². The van der Waals surface area contributed by atoms with Crippen LogP contribution in [0.15, 0.2) is 72.3 Å². The summed E-state index contributed by atoms with van der Waals surface area (Å²) in [5, 5.41) is 21.3. The van der Waals surface area contributed by atoms with Gasteiger partial charge in [-0.05, 0) is 53.6 Å². The quantitative estimate of drug-likeness (QED) is 0.213. The van der Waals surface area contributed by atoms with Crippen molar-refractivity contribution in [2.45, 2.75) is 12.6 Å². The highest BCUT2D eigenvalue weighted by Gasteiger charge is 2.46. The number of benzene rings is 3. The smallest absolute Gasteiger partial charge is 0.337 e. The zero-order chi connectivity index (χ0) is 25.3. The van der Waals surface area contributed by atoms with Gasteiger partial charge in [0.05, 0.1) is 34.3 Å². The van der Waals surface area contributed by atoms with Crippen molar-refractivity contribution in [2.24, 2.45) is 0 Å². The Morgan fingerprint density at radius 1 is 0.943 bits per heavy atom. The van der Waals surface area contributed by atoms with Crippen LogP contribution in [-0.2, 0) is 20.9 Å². The van der Waals surface area contributed by atoms with Crippen LogP contribution >= 0.6 is 23.2 Å². The van der Waals surface area contributed by atoms with Gasteiger partial charge in [0.25, 0.3) is 11.7 Å². The fourth-order valence-corrected chi connectivity index (χ4v) is 4.20. The Morgan fingerprint density at radius 2 is 1.57 bits per heavy atom. The van der Waals surface area contributed by atoms with Crippen LogP contribution in [0, 0.1) is 0 Å². The summed E-state index contributed by atoms with van der Waals surface area (Å²) in [7, 11) is 1.28. The summed E-state index contributed by atoms with van der Waals surface area (Å²) in [6, 6.07) is 15.9. The van der Waals surface area contributed by atoms with Gasteiger partial charge < -0.3 is 19.8 Å². The van der Waals surface area contributed by atoms with E-state index >= 15 is 0 Å². The Bertz CT molecular complexity index is 1350. The van der Waals surface area contributed by atoms with E-state index in [2.05, 4.69) is 0 Å². The number of amides is 1. The van der Waals surface area contributed by atoms with Crippen molar-refractivity contribution in [1.82, 2.24) is 4.90 Å². The molecule has 0 saturated carbocycles. The molecule has 1 amide bonds. The third kappa shape index (κ3) is 4.73. The molecule has 1 aliphatic heterocycles. The first kappa shape index (κ1) is 24.3. The zero-order valence-corrected chi connectivity index (χ0v) is 19.9. The highest BCUT2D eigenvalue weighted by molar-refractivity contribution is 6.46. The molecule has 1 saturated heterocycles. The number of methoxy groups -OCH3 is 1. The molecule has 0 aliphatic carbocycles. The minimum atomic E-state index is -0.940. The van der Waals surface area contributed by atoms with Crippen molar-refractivity contribution in [1.29, 1.82) is 0 Å². The van der Waals surface area contributed by atoms with Crippen LogP contribution in [0.1, 0.15) is 33.1 Å². The van der Waals surface area contributed by atoms with E-state index in [1.165, 1.54) is 42.3 Å². The second kappa shape index (κ2) is 9.82. The highest BCUT2D eigenvalue weighted by atomic mass is 35.5. The van der Waals surface area contributed by atoms with Gasteiger partial charge in [-0.15, -0.1) is 0 Å². The molecule has 2 N–H and O–H groups in total. The fourth-order valence-electron chi connectivity index (χ4n) is 3.91.